The SMILES string of the molecule is Cc1nn(Cc2c(Cl)cccc2Cl)c(Cl)c1/C=C/C(=O)OCC(=O)N1CCCC1. The number of likely N-dealkylation sites (tertiary alicyclic amines) is 1. The Kier molecular flexibility index (Phi) is 7.22. The number of halogens is 3. The molecule has 1 amide bonds. The molecule has 1 aliphatic heterocycles. The molecule has 9 heteroatoms. The van der Waals surface area contributed by atoms with Gasteiger partial charge in [0, 0.05) is 40.3 Å². The lowest BCUT2D eigenvalue weighted by molar-refractivity contribution is -0.147. The van der Waals surface area contributed by atoms with Crippen molar-refractivity contribution in [2.75, 3.05) is 19.7 Å². The molecule has 0 aliphatic carbocycles. The van der Waals surface area contributed by atoms with Crippen LogP contribution in [-0.4, -0.2) is 46.3 Å². The summed E-state index contributed by atoms with van der Waals surface area (Å²) in [5.74, 6) is -0.794. The Morgan fingerprint density at radius 3 is 2.48 bits per heavy atom. The van der Waals surface area contributed by atoms with Gasteiger partial charge in [-0.15, -0.1) is 0 Å². The average Bonchev–Trinajstić information content (AvgIpc) is 3.31. The van der Waals surface area contributed by atoms with Crippen molar-refractivity contribution in [3.05, 3.63) is 56.3 Å². The van der Waals surface area contributed by atoms with Gasteiger partial charge in [0.2, 0.25) is 0 Å². The molecule has 0 spiro atoms. The fourth-order valence-electron chi connectivity index (χ4n) is 3.08. The number of benzene rings is 1. The standard InChI is InChI=1S/C20H20Cl3N3O3/c1-13-14(7-8-19(28)29-12-18(27)25-9-2-3-10-25)20(23)26(24-13)11-15-16(21)5-4-6-17(15)22/h4-8H,2-3,9-12H2,1H3/b8-7+. The van der Waals surface area contributed by atoms with E-state index < -0.39 is 5.97 Å². The average molecular weight is 457 g/mol. The van der Waals surface area contributed by atoms with Crippen LogP contribution in [0.25, 0.3) is 6.08 Å². The maximum Gasteiger partial charge on any atom is 0.331 e. The molecule has 1 aliphatic rings. The quantitative estimate of drug-likeness (QED) is 0.478. The second kappa shape index (κ2) is 9.65. The van der Waals surface area contributed by atoms with Crippen molar-refractivity contribution >= 4 is 52.8 Å². The number of rotatable bonds is 6. The van der Waals surface area contributed by atoms with Crippen LogP contribution in [0.5, 0.6) is 0 Å². The molecule has 1 aromatic carbocycles. The van der Waals surface area contributed by atoms with Gasteiger partial charge in [0.1, 0.15) is 5.15 Å². The summed E-state index contributed by atoms with van der Waals surface area (Å²) in [7, 11) is 0. The first-order chi connectivity index (χ1) is 13.9. The van der Waals surface area contributed by atoms with E-state index in [1.54, 1.807) is 34.7 Å². The van der Waals surface area contributed by atoms with Crippen molar-refractivity contribution in [1.82, 2.24) is 14.7 Å². The minimum atomic E-state index is -0.616. The summed E-state index contributed by atoms with van der Waals surface area (Å²) < 4.78 is 6.59. The van der Waals surface area contributed by atoms with Crippen LogP contribution in [0.15, 0.2) is 24.3 Å². The molecule has 29 heavy (non-hydrogen) atoms. The van der Waals surface area contributed by atoms with E-state index in [0.717, 1.165) is 25.9 Å². The lowest BCUT2D eigenvalue weighted by Crippen LogP contribution is -2.31. The van der Waals surface area contributed by atoms with Gasteiger partial charge in [-0.2, -0.15) is 5.10 Å². The predicted molar refractivity (Wildman–Crippen MR) is 113 cm³/mol. The van der Waals surface area contributed by atoms with Gasteiger partial charge in [-0.1, -0.05) is 40.9 Å². The van der Waals surface area contributed by atoms with Crippen LogP contribution in [0.1, 0.15) is 29.7 Å². The van der Waals surface area contributed by atoms with Crippen molar-refractivity contribution in [2.24, 2.45) is 0 Å². The van der Waals surface area contributed by atoms with Crippen molar-refractivity contribution < 1.29 is 14.3 Å². The molecule has 1 saturated heterocycles. The second-order valence-electron chi connectivity index (χ2n) is 6.68. The van der Waals surface area contributed by atoms with Crippen LogP contribution < -0.4 is 0 Å². The van der Waals surface area contributed by atoms with E-state index in [-0.39, 0.29) is 12.5 Å². The third-order valence-electron chi connectivity index (χ3n) is 4.66. The van der Waals surface area contributed by atoms with Gasteiger partial charge in [-0.05, 0) is 38.0 Å². The molecular formula is C20H20Cl3N3O3. The molecule has 0 atom stereocenters. The summed E-state index contributed by atoms with van der Waals surface area (Å²) in [6, 6.07) is 5.25. The number of ether oxygens (including phenoxy) is 1. The molecule has 1 aromatic heterocycles. The first-order valence-electron chi connectivity index (χ1n) is 9.15. The van der Waals surface area contributed by atoms with Crippen LogP contribution in [0.3, 0.4) is 0 Å². The Balaban J connectivity index is 1.65. The third kappa shape index (κ3) is 5.32. The number of hydrogen-bond donors (Lipinski definition) is 0. The number of aromatic nitrogens is 2. The molecule has 2 aromatic rings. The maximum absolute atomic E-state index is 12.0. The van der Waals surface area contributed by atoms with E-state index in [4.69, 9.17) is 39.5 Å². The number of carbonyl (C=O) groups excluding carboxylic acids is 2. The summed E-state index contributed by atoms with van der Waals surface area (Å²) in [5, 5.41) is 5.78. The van der Waals surface area contributed by atoms with Crippen molar-refractivity contribution in [3.63, 3.8) is 0 Å². The fourth-order valence-corrected chi connectivity index (χ4v) is 3.90. The molecule has 0 saturated carbocycles. The van der Waals surface area contributed by atoms with Gasteiger partial charge in [-0.3, -0.25) is 4.79 Å². The molecule has 0 unspecified atom stereocenters. The monoisotopic (exact) mass is 455 g/mol. The summed E-state index contributed by atoms with van der Waals surface area (Å²) >= 11 is 18.9. The minimum absolute atomic E-state index is 0.178. The minimum Gasteiger partial charge on any atom is -0.452 e. The summed E-state index contributed by atoms with van der Waals surface area (Å²) in [6.45, 7) is 3.24. The van der Waals surface area contributed by atoms with Gasteiger partial charge < -0.3 is 9.64 Å². The van der Waals surface area contributed by atoms with Crippen LogP contribution in [0.2, 0.25) is 15.2 Å². The molecular weight excluding hydrogens is 437 g/mol. The molecule has 6 nitrogen and oxygen atoms in total. The number of amides is 1. The molecule has 3 rings (SSSR count). The van der Waals surface area contributed by atoms with Gasteiger partial charge in [-0.25, -0.2) is 9.48 Å². The van der Waals surface area contributed by atoms with E-state index >= 15 is 0 Å². The van der Waals surface area contributed by atoms with Crippen LogP contribution >= 0.6 is 34.8 Å². The number of carbonyl (C=O) groups is 2. The topological polar surface area (TPSA) is 64.4 Å². The zero-order valence-electron chi connectivity index (χ0n) is 15.8. The number of nitrogens with zero attached hydrogens (tertiary/aromatic N) is 3. The van der Waals surface area contributed by atoms with Crippen LogP contribution in [0, 0.1) is 6.92 Å². The zero-order valence-corrected chi connectivity index (χ0v) is 18.1. The number of aryl methyl sites for hydroxylation is 1. The lowest BCUT2D eigenvalue weighted by atomic mass is 10.2. The summed E-state index contributed by atoms with van der Waals surface area (Å²) in [6.07, 6.45) is 4.74. The first kappa shape index (κ1) is 21.7. The predicted octanol–water partition coefficient (Wildman–Crippen LogP) is 4.38. The summed E-state index contributed by atoms with van der Waals surface area (Å²) in [4.78, 5) is 25.6. The van der Waals surface area contributed by atoms with Crippen molar-refractivity contribution in [2.45, 2.75) is 26.3 Å². The molecule has 154 valence electrons. The Bertz CT molecular complexity index is 930. The zero-order chi connectivity index (χ0) is 21.0. The molecule has 0 bridgehead atoms. The van der Waals surface area contributed by atoms with E-state index in [0.29, 0.717) is 38.6 Å². The van der Waals surface area contributed by atoms with Gasteiger partial charge in [0.25, 0.3) is 5.91 Å². The normalized spacial score (nSPS) is 14.0. The van der Waals surface area contributed by atoms with Crippen LogP contribution in [-0.2, 0) is 20.9 Å². The van der Waals surface area contributed by atoms with Gasteiger partial charge >= 0.3 is 5.97 Å². The fraction of sp³-hybridized carbons (Fsp3) is 0.350. The lowest BCUT2D eigenvalue weighted by Gasteiger charge is -2.14. The molecule has 1 fully saturated rings. The van der Waals surface area contributed by atoms with E-state index in [1.165, 1.54) is 12.2 Å². The number of hydrogen-bond acceptors (Lipinski definition) is 4. The second-order valence-corrected chi connectivity index (χ2v) is 7.85. The Labute approximate surface area is 184 Å². The van der Waals surface area contributed by atoms with Crippen LogP contribution in [0.4, 0.5) is 0 Å². The van der Waals surface area contributed by atoms with E-state index in [9.17, 15) is 9.59 Å². The van der Waals surface area contributed by atoms with E-state index in [2.05, 4.69) is 5.10 Å². The Morgan fingerprint density at radius 2 is 1.83 bits per heavy atom. The maximum atomic E-state index is 12.0. The third-order valence-corrected chi connectivity index (χ3v) is 5.77. The molecule has 2 heterocycles. The van der Waals surface area contributed by atoms with Gasteiger partial charge in [0.05, 0.1) is 12.2 Å². The highest BCUT2D eigenvalue weighted by atomic mass is 35.5. The Morgan fingerprint density at radius 1 is 1.17 bits per heavy atom. The summed E-state index contributed by atoms with van der Waals surface area (Å²) in [5.41, 5.74) is 1.92. The largest absolute Gasteiger partial charge is 0.452 e. The van der Waals surface area contributed by atoms with Crippen molar-refractivity contribution in [3.8, 4) is 0 Å². The van der Waals surface area contributed by atoms with E-state index in [1.807, 2.05) is 0 Å². The molecule has 0 radical (unpaired) electrons. The highest BCUT2D eigenvalue weighted by Gasteiger charge is 2.19. The highest BCUT2D eigenvalue weighted by Crippen LogP contribution is 2.28. The highest BCUT2D eigenvalue weighted by molar-refractivity contribution is 6.36. The first-order valence-corrected chi connectivity index (χ1v) is 10.3. The smallest absolute Gasteiger partial charge is 0.331 e. The van der Waals surface area contributed by atoms with Crippen molar-refractivity contribution in [1.29, 1.82) is 0 Å². The Hall–Kier alpha value is -2.02. The van der Waals surface area contributed by atoms with Gasteiger partial charge in [0.15, 0.2) is 6.61 Å². The molecule has 0 N–H and O–H groups in total. The number of esters is 1.